The van der Waals surface area contributed by atoms with Crippen LogP contribution in [0.3, 0.4) is 0 Å². The molecule has 0 aliphatic carbocycles. The minimum Gasteiger partial charge on any atom is -0.377 e. The Bertz CT molecular complexity index is 488. The van der Waals surface area contributed by atoms with E-state index in [4.69, 9.17) is 0 Å². The first-order chi connectivity index (χ1) is 9.65. The van der Waals surface area contributed by atoms with Crippen LogP contribution in [-0.4, -0.2) is 30.4 Å². The van der Waals surface area contributed by atoms with E-state index in [1.165, 1.54) is 19.3 Å². The molecule has 2 atom stereocenters. The van der Waals surface area contributed by atoms with Crippen molar-refractivity contribution in [2.45, 2.75) is 42.6 Å². The molecule has 3 heteroatoms. The summed E-state index contributed by atoms with van der Waals surface area (Å²) in [6, 6.07) is 8.04. The number of thioether (sulfide) groups is 1. The van der Waals surface area contributed by atoms with E-state index in [-0.39, 0.29) is 5.92 Å². The van der Waals surface area contributed by atoms with Crippen molar-refractivity contribution in [1.82, 2.24) is 0 Å². The molecule has 0 spiro atoms. The standard InChI is InChI=1S/C17H23NOS/c1-18(2)16-9-4-3-8-15(16)17(19)12-10-13-6-5-7-14(11-12)20-13/h3-4,8-9,12-14H,5-7,10-11H2,1-2H3. The third kappa shape index (κ3) is 2.73. The zero-order valence-corrected chi connectivity index (χ0v) is 13.2. The van der Waals surface area contributed by atoms with E-state index in [1.54, 1.807) is 0 Å². The summed E-state index contributed by atoms with van der Waals surface area (Å²) in [4.78, 5) is 15.0. The van der Waals surface area contributed by atoms with Crippen LogP contribution >= 0.6 is 11.8 Å². The largest absolute Gasteiger partial charge is 0.377 e. The molecule has 20 heavy (non-hydrogen) atoms. The number of hydrogen-bond acceptors (Lipinski definition) is 3. The van der Waals surface area contributed by atoms with Crippen LogP contribution in [0.1, 0.15) is 42.5 Å². The van der Waals surface area contributed by atoms with Gasteiger partial charge >= 0.3 is 0 Å². The van der Waals surface area contributed by atoms with Crippen molar-refractivity contribution in [3.05, 3.63) is 29.8 Å². The number of carbonyl (C=O) groups is 1. The molecule has 2 unspecified atom stereocenters. The van der Waals surface area contributed by atoms with Crippen LogP contribution in [0.15, 0.2) is 24.3 Å². The maximum Gasteiger partial charge on any atom is 0.168 e. The second-order valence-electron chi connectivity index (χ2n) is 6.26. The van der Waals surface area contributed by atoms with Gasteiger partial charge in [-0.1, -0.05) is 18.6 Å². The number of anilines is 1. The lowest BCUT2D eigenvalue weighted by atomic mass is 9.84. The highest BCUT2D eigenvalue weighted by molar-refractivity contribution is 8.00. The maximum absolute atomic E-state index is 12.9. The molecule has 2 aliphatic heterocycles. The maximum atomic E-state index is 12.9. The summed E-state index contributed by atoms with van der Waals surface area (Å²) in [5, 5.41) is 1.45. The molecule has 0 amide bonds. The molecular weight excluding hydrogens is 266 g/mol. The molecule has 2 bridgehead atoms. The average Bonchev–Trinajstić information content (AvgIpc) is 2.46. The quantitative estimate of drug-likeness (QED) is 0.784. The number of nitrogens with zero attached hydrogens (tertiary/aromatic N) is 1. The molecular formula is C17H23NOS. The van der Waals surface area contributed by atoms with Crippen LogP contribution in [0.25, 0.3) is 0 Å². The Hall–Kier alpha value is -0.960. The van der Waals surface area contributed by atoms with E-state index in [2.05, 4.69) is 11.8 Å². The minimum absolute atomic E-state index is 0.243. The van der Waals surface area contributed by atoms with Gasteiger partial charge in [0, 0.05) is 41.8 Å². The predicted molar refractivity (Wildman–Crippen MR) is 86.8 cm³/mol. The lowest BCUT2D eigenvalue weighted by molar-refractivity contribution is 0.0897. The van der Waals surface area contributed by atoms with Crippen LogP contribution in [0, 0.1) is 5.92 Å². The number of Topliss-reactive ketones (excluding diaryl/α,β-unsaturated/α-hetero) is 1. The van der Waals surface area contributed by atoms with E-state index in [1.807, 2.05) is 43.3 Å². The number of rotatable bonds is 3. The summed E-state index contributed by atoms with van der Waals surface area (Å²) in [5.74, 6) is 0.610. The normalized spacial score (nSPS) is 29.0. The Labute approximate surface area is 125 Å². The third-order valence-corrected chi connectivity index (χ3v) is 6.18. The molecule has 108 valence electrons. The Morgan fingerprint density at radius 1 is 1.15 bits per heavy atom. The van der Waals surface area contributed by atoms with E-state index in [0.29, 0.717) is 5.78 Å². The number of ketones is 1. The molecule has 2 nitrogen and oxygen atoms in total. The first-order valence-corrected chi connectivity index (χ1v) is 8.55. The highest BCUT2D eigenvalue weighted by atomic mass is 32.2. The lowest BCUT2D eigenvalue weighted by Gasteiger charge is -2.38. The Balaban J connectivity index is 1.82. The monoisotopic (exact) mass is 289 g/mol. The predicted octanol–water partition coefficient (Wildman–Crippen LogP) is 4.00. The van der Waals surface area contributed by atoms with E-state index < -0.39 is 0 Å². The average molecular weight is 289 g/mol. The van der Waals surface area contributed by atoms with Crippen molar-refractivity contribution in [3.63, 3.8) is 0 Å². The van der Waals surface area contributed by atoms with E-state index >= 15 is 0 Å². The van der Waals surface area contributed by atoms with Gasteiger partial charge < -0.3 is 4.90 Å². The van der Waals surface area contributed by atoms with Gasteiger partial charge in [0.15, 0.2) is 5.78 Å². The van der Waals surface area contributed by atoms with Crippen molar-refractivity contribution >= 4 is 23.2 Å². The fourth-order valence-corrected chi connectivity index (χ4v) is 5.40. The molecule has 3 rings (SSSR count). The molecule has 1 aromatic rings. The van der Waals surface area contributed by atoms with Crippen molar-refractivity contribution in [1.29, 1.82) is 0 Å². The summed E-state index contributed by atoms with van der Waals surface area (Å²) < 4.78 is 0. The van der Waals surface area contributed by atoms with Gasteiger partial charge in [-0.3, -0.25) is 4.79 Å². The second kappa shape index (κ2) is 5.80. The van der Waals surface area contributed by atoms with Gasteiger partial charge in [-0.25, -0.2) is 0 Å². The van der Waals surface area contributed by atoms with Gasteiger partial charge in [0.2, 0.25) is 0 Å². The third-order valence-electron chi connectivity index (χ3n) is 4.55. The highest BCUT2D eigenvalue weighted by Gasteiger charge is 2.36. The van der Waals surface area contributed by atoms with Crippen LogP contribution in [0.4, 0.5) is 5.69 Å². The van der Waals surface area contributed by atoms with Gasteiger partial charge in [-0.15, -0.1) is 0 Å². The smallest absolute Gasteiger partial charge is 0.168 e. The highest BCUT2D eigenvalue weighted by Crippen LogP contribution is 2.45. The van der Waals surface area contributed by atoms with Crippen molar-refractivity contribution in [2.24, 2.45) is 5.92 Å². The molecule has 0 aromatic heterocycles. The van der Waals surface area contributed by atoms with Gasteiger partial charge in [0.05, 0.1) is 0 Å². The van der Waals surface area contributed by atoms with Crippen LogP contribution < -0.4 is 4.90 Å². The van der Waals surface area contributed by atoms with E-state index in [9.17, 15) is 4.79 Å². The first kappa shape index (κ1) is 14.0. The Morgan fingerprint density at radius 2 is 1.80 bits per heavy atom. The summed E-state index contributed by atoms with van der Waals surface area (Å²) in [6.45, 7) is 0. The molecule has 2 saturated heterocycles. The summed E-state index contributed by atoms with van der Waals surface area (Å²) in [6.07, 6.45) is 6.14. The fourth-order valence-electron chi connectivity index (χ4n) is 3.57. The fraction of sp³-hybridized carbons (Fsp3) is 0.588. The van der Waals surface area contributed by atoms with Crippen LogP contribution in [0.5, 0.6) is 0 Å². The molecule has 2 heterocycles. The van der Waals surface area contributed by atoms with Gasteiger partial charge in [0.25, 0.3) is 0 Å². The SMILES string of the molecule is CN(C)c1ccccc1C(=O)C1CC2CCCC(C1)S2. The van der Waals surface area contributed by atoms with Crippen LogP contribution in [-0.2, 0) is 0 Å². The molecule has 0 saturated carbocycles. The number of carbonyl (C=O) groups excluding carboxylic acids is 1. The number of fused-ring (bicyclic) bond motifs is 2. The Kier molecular flexibility index (Phi) is 4.06. The van der Waals surface area contributed by atoms with E-state index in [0.717, 1.165) is 34.6 Å². The number of hydrogen-bond donors (Lipinski definition) is 0. The zero-order chi connectivity index (χ0) is 14.1. The number of benzene rings is 1. The topological polar surface area (TPSA) is 20.3 Å². The zero-order valence-electron chi connectivity index (χ0n) is 12.3. The molecule has 2 fully saturated rings. The van der Waals surface area contributed by atoms with Gasteiger partial charge in [-0.05, 0) is 37.8 Å². The molecule has 0 radical (unpaired) electrons. The summed E-state index contributed by atoms with van der Waals surface area (Å²) in [7, 11) is 4.02. The van der Waals surface area contributed by atoms with Crippen molar-refractivity contribution < 1.29 is 4.79 Å². The first-order valence-electron chi connectivity index (χ1n) is 7.61. The molecule has 0 N–H and O–H groups in total. The second-order valence-corrected chi connectivity index (χ2v) is 7.86. The van der Waals surface area contributed by atoms with Crippen LogP contribution in [0.2, 0.25) is 0 Å². The van der Waals surface area contributed by atoms with Crippen molar-refractivity contribution in [2.75, 3.05) is 19.0 Å². The van der Waals surface area contributed by atoms with Gasteiger partial charge in [0.1, 0.15) is 0 Å². The molecule has 1 aromatic carbocycles. The van der Waals surface area contributed by atoms with Gasteiger partial charge in [-0.2, -0.15) is 11.8 Å². The van der Waals surface area contributed by atoms with Crippen molar-refractivity contribution in [3.8, 4) is 0 Å². The summed E-state index contributed by atoms with van der Waals surface area (Å²) in [5.41, 5.74) is 1.97. The molecule has 2 aliphatic rings. The lowest BCUT2D eigenvalue weighted by Crippen LogP contribution is -2.33. The Morgan fingerprint density at radius 3 is 2.45 bits per heavy atom. The summed E-state index contributed by atoms with van der Waals surface area (Å²) >= 11 is 2.14. The number of para-hydroxylation sites is 1. The minimum atomic E-state index is 0.243.